The lowest BCUT2D eigenvalue weighted by atomic mass is 9.63. The van der Waals surface area contributed by atoms with Crippen molar-refractivity contribution in [2.24, 2.45) is 11.8 Å². The van der Waals surface area contributed by atoms with Gasteiger partial charge in [-0.1, -0.05) is 182 Å². The third kappa shape index (κ3) is 7.36. The van der Waals surface area contributed by atoms with Gasteiger partial charge in [0.1, 0.15) is 23.3 Å². The Morgan fingerprint density at radius 1 is 0.386 bits per heavy atom. The van der Waals surface area contributed by atoms with Crippen molar-refractivity contribution in [1.82, 2.24) is 0 Å². The molecule has 2 nitrogen and oxygen atoms in total. The molecule has 0 fully saturated rings. The van der Waals surface area contributed by atoms with Crippen LogP contribution in [0.15, 0.2) is 276 Å². The summed E-state index contributed by atoms with van der Waals surface area (Å²) in [5.74, 6) is -6.15. The minimum Gasteiger partial charge on any atom is -0.304 e. The second kappa shape index (κ2) is 17.7. The van der Waals surface area contributed by atoms with Crippen molar-refractivity contribution in [2.75, 3.05) is 9.80 Å². The van der Waals surface area contributed by atoms with Crippen LogP contribution in [0.3, 0.4) is 0 Å². The van der Waals surface area contributed by atoms with E-state index < -0.39 is 201 Å². The van der Waals surface area contributed by atoms with Crippen molar-refractivity contribution in [3.05, 3.63) is 299 Å². The molecule has 4 aliphatic carbocycles. The average Bonchev–Trinajstić information content (AvgIpc) is 0.728. The van der Waals surface area contributed by atoms with Crippen molar-refractivity contribution >= 4 is 22.7 Å². The Bertz CT molecular complexity index is 4700. The minimum absolute atomic E-state index is 0.0432. The molecule has 0 saturated carbocycles. The fraction of sp³-hybridized carbons (Fsp3) is 0.0312. The molecule has 2 atom stereocenters. The van der Waals surface area contributed by atoms with Gasteiger partial charge in [0.05, 0.1) is 61.6 Å². The first kappa shape index (κ1) is 26.1. The Labute approximate surface area is 432 Å². The molecule has 0 bridgehead atoms. The van der Waals surface area contributed by atoms with Gasteiger partial charge in [-0.05, 0) is 116 Å². The van der Waals surface area contributed by atoms with Crippen LogP contribution in [0.5, 0.6) is 0 Å². The van der Waals surface area contributed by atoms with Gasteiger partial charge in [0.15, 0.2) is 0 Å². The second-order valence-electron chi connectivity index (χ2n) is 16.3. The van der Waals surface area contributed by atoms with E-state index in [-0.39, 0.29) is 33.9 Å². The van der Waals surface area contributed by atoms with Crippen LogP contribution in [0, 0.1) is 35.1 Å². The monoisotopic (exact) mass is 934 g/mol. The van der Waals surface area contributed by atoms with Crippen LogP contribution in [-0.4, -0.2) is 0 Å². The zero-order valence-corrected chi connectivity index (χ0v) is 36.1. The molecule has 0 heterocycles. The first-order chi connectivity index (χ1) is 42.7. The molecule has 0 N–H and O–H groups in total. The van der Waals surface area contributed by atoms with Gasteiger partial charge in [-0.25, -0.2) is 17.6 Å². The predicted molar refractivity (Wildman–Crippen MR) is 276 cm³/mol. The maximum Gasteiger partial charge on any atom is 0.148 e. The molecular weight excluding hydrogens is 873 g/mol. The number of para-hydroxylation sites is 2. The zero-order valence-electron chi connectivity index (χ0n) is 56.1. The van der Waals surface area contributed by atoms with Crippen molar-refractivity contribution in [3.8, 4) is 44.5 Å². The van der Waals surface area contributed by atoms with Crippen molar-refractivity contribution in [3.63, 3.8) is 0 Å². The lowest BCUT2D eigenvalue weighted by molar-refractivity contribution is 0.549. The molecule has 0 aliphatic heterocycles. The predicted octanol–water partition coefficient (Wildman–Crippen LogP) is 17.2. The molecule has 0 radical (unpaired) electrons. The van der Waals surface area contributed by atoms with Crippen LogP contribution >= 0.6 is 0 Å². The number of hydrogen-bond donors (Lipinski definition) is 0. The summed E-state index contributed by atoms with van der Waals surface area (Å²) in [6, 6.07) is -1.71. The number of anilines is 4. The lowest BCUT2D eigenvalue weighted by Crippen LogP contribution is -2.36. The Balaban J connectivity index is 1.11. The topological polar surface area (TPSA) is 6.48 Å². The van der Waals surface area contributed by atoms with Crippen molar-refractivity contribution < 1.29 is 45.0 Å². The van der Waals surface area contributed by atoms with Gasteiger partial charge in [0, 0.05) is 23.0 Å². The summed E-state index contributed by atoms with van der Waals surface area (Å²) in [7, 11) is 0. The molecule has 0 amide bonds. The Morgan fingerprint density at radius 3 is 1.36 bits per heavy atom. The standard InChI is InChI=1S/C64H42F4N2/c65-53-25-13-15-27-59(53)69(63-51(43-21-9-3-10-22-43)37-47(39-55(63)67)41-17-5-1-6-18-41)57-35-31-45-30-34-50-58(36-32-46-29-33-49(57)61(45)62(46)50)70(60-28-16-14-26-54(60)66)64-52(44-23-11-4-12-24-44)38-48(40-56(64)68)42-19-7-2-8-20-42/h1-40,61-62H/i1D,2D,3D,4D,5D,6D,7D,8D,9D,10D,11D,12D,17D,18D,19D,20D,21D,22D,23D,24D. The fourth-order valence-corrected chi connectivity index (χ4v) is 9.54. The molecule has 336 valence electrons. The smallest absolute Gasteiger partial charge is 0.148 e. The maximum absolute atomic E-state index is 18.3. The maximum atomic E-state index is 18.3. The van der Waals surface area contributed by atoms with E-state index in [9.17, 15) is 5.48 Å². The summed E-state index contributed by atoms with van der Waals surface area (Å²) in [6.07, 6.45) is 13.2. The number of hydrogen-bond acceptors (Lipinski definition) is 2. The molecule has 70 heavy (non-hydrogen) atoms. The third-order valence-electron chi connectivity index (χ3n) is 12.4. The fourth-order valence-electron chi connectivity index (χ4n) is 9.54. The number of halogens is 4. The minimum atomic E-state index is -1.27. The van der Waals surface area contributed by atoms with Gasteiger partial charge in [-0.2, -0.15) is 0 Å². The highest BCUT2D eigenvalue weighted by atomic mass is 19.1. The van der Waals surface area contributed by atoms with E-state index >= 15 is 17.6 Å². The number of benzene rings is 8. The molecule has 2 unspecified atom stereocenters. The molecule has 0 spiro atoms. The first-order valence-electron chi connectivity index (χ1n) is 31.7. The molecule has 0 saturated heterocycles. The van der Waals surface area contributed by atoms with E-state index in [1.54, 1.807) is 48.6 Å². The highest BCUT2D eigenvalue weighted by Crippen LogP contribution is 2.56. The highest BCUT2D eigenvalue weighted by molar-refractivity contribution is 5.92. The Kier molecular flexibility index (Phi) is 6.62. The molecule has 8 aromatic carbocycles. The van der Waals surface area contributed by atoms with Crippen LogP contribution in [0.25, 0.3) is 44.5 Å². The second-order valence-corrected chi connectivity index (χ2v) is 16.3. The number of nitrogens with zero attached hydrogens (tertiary/aromatic N) is 2. The van der Waals surface area contributed by atoms with Crippen LogP contribution in [-0.2, 0) is 0 Å². The normalized spacial score (nSPS) is 20.5. The number of allylic oxidation sites excluding steroid dienone is 12. The molecule has 12 rings (SSSR count). The summed E-state index contributed by atoms with van der Waals surface area (Å²) in [6.45, 7) is 0. The van der Waals surface area contributed by atoms with Crippen LogP contribution in [0.4, 0.5) is 40.3 Å². The average molecular weight is 935 g/mol. The van der Waals surface area contributed by atoms with Crippen molar-refractivity contribution in [1.29, 1.82) is 0 Å². The van der Waals surface area contributed by atoms with Gasteiger partial charge >= 0.3 is 0 Å². The van der Waals surface area contributed by atoms with Crippen LogP contribution in [0.1, 0.15) is 27.4 Å². The molecule has 8 aromatic rings. The molecule has 4 aliphatic rings. The van der Waals surface area contributed by atoms with Gasteiger partial charge in [0.2, 0.25) is 0 Å². The van der Waals surface area contributed by atoms with Crippen LogP contribution < -0.4 is 9.80 Å². The number of rotatable bonds is 10. The third-order valence-corrected chi connectivity index (χ3v) is 12.4. The van der Waals surface area contributed by atoms with Gasteiger partial charge < -0.3 is 9.80 Å². The summed E-state index contributed by atoms with van der Waals surface area (Å²) in [4.78, 5) is 2.30. The zero-order chi connectivity index (χ0) is 64.7. The largest absolute Gasteiger partial charge is 0.304 e. The summed E-state index contributed by atoms with van der Waals surface area (Å²) >= 11 is 0. The van der Waals surface area contributed by atoms with E-state index in [4.69, 9.17) is 21.9 Å². The summed E-state index contributed by atoms with van der Waals surface area (Å²) < 4.78 is 245. The lowest BCUT2D eigenvalue weighted by Gasteiger charge is -2.45. The van der Waals surface area contributed by atoms with Crippen LogP contribution in [0.2, 0.25) is 0 Å². The molecule has 0 aromatic heterocycles. The van der Waals surface area contributed by atoms with Crippen molar-refractivity contribution in [2.45, 2.75) is 0 Å². The summed E-state index contributed by atoms with van der Waals surface area (Å²) in [5.41, 5.74) is -3.81. The Hall–Kier alpha value is -8.74. The van der Waals surface area contributed by atoms with E-state index in [0.29, 0.717) is 22.3 Å². The van der Waals surface area contributed by atoms with E-state index in [2.05, 4.69) is 0 Å². The van der Waals surface area contributed by atoms with Gasteiger partial charge in [-0.3, -0.25) is 0 Å². The van der Waals surface area contributed by atoms with Gasteiger partial charge in [0.25, 0.3) is 0 Å². The summed E-state index contributed by atoms with van der Waals surface area (Å²) in [5, 5.41) is 0. The first-order valence-corrected chi connectivity index (χ1v) is 21.7. The van der Waals surface area contributed by atoms with Gasteiger partial charge in [-0.15, -0.1) is 0 Å². The Morgan fingerprint density at radius 2 is 0.829 bits per heavy atom. The highest BCUT2D eigenvalue weighted by Gasteiger charge is 2.44. The van der Waals surface area contributed by atoms with E-state index in [0.717, 1.165) is 46.2 Å². The SMILES string of the molecule is [2H]c1c([2H])c([2H])c(-c2cc(F)c(N(C3=CC=C4C=CC5=C(N(c6ccccc6F)c6c(F)cc(-c7c([2H])c([2H])c([2H])c([2H])c7[2H])cc6-c6c([2H])c([2H])c([2H])c([2H])c6[2H])C=CC6=CC=C3C4C65)c3ccccc3F)c(-c3c([2H])c([2H])c([2H])c([2H])c3[2H])c2)c([2H])c1[2H]. The quantitative estimate of drug-likeness (QED) is 0.126. The van der Waals surface area contributed by atoms with E-state index in [1.807, 2.05) is 0 Å². The molecule has 6 heteroatoms. The molecular formula is C64H42F4N2. The van der Waals surface area contributed by atoms with E-state index in [1.165, 1.54) is 36.4 Å².